The molecule has 0 atom stereocenters. The van der Waals surface area contributed by atoms with Crippen LogP contribution in [0.1, 0.15) is 19.8 Å². The van der Waals surface area contributed by atoms with Gasteiger partial charge in [0.2, 0.25) is 10.0 Å². The Labute approximate surface area is 102 Å². The van der Waals surface area contributed by atoms with Gasteiger partial charge in [-0.15, -0.1) is 0 Å². The first-order valence-corrected chi connectivity index (χ1v) is 6.92. The largest absolute Gasteiger partial charge is 0.495 e. The zero-order chi connectivity index (χ0) is 12.9. The Kier molecular flexibility index (Phi) is 4.77. The summed E-state index contributed by atoms with van der Waals surface area (Å²) in [4.78, 5) is 0.166. The van der Waals surface area contributed by atoms with E-state index in [9.17, 15) is 8.42 Å². The number of nitrogens with two attached hydrogens (primary N) is 1. The average molecular weight is 258 g/mol. The molecule has 0 aliphatic heterocycles. The molecule has 0 fully saturated rings. The lowest BCUT2D eigenvalue weighted by molar-refractivity contribution is 0.415. The molecule has 1 aromatic carbocycles. The number of nitrogen functional groups attached to an aromatic ring is 1. The van der Waals surface area contributed by atoms with Crippen molar-refractivity contribution >= 4 is 15.7 Å². The van der Waals surface area contributed by atoms with Gasteiger partial charge in [-0.25, -0.2) is 13.1 Å². The quantitative estimate of drug-likeness (QED) is 0.596. The van der Waals surface area contributed by atoms with Crippen molar-refractivity contribution in [2.45, 2.75) is 24.7 Å². The number of anilines is 1. The van der Waals surface area contributed by atoms with Crippen molar-refractivity contribution in [2.75, 3.05) is 19.4 Å². The SMILES string of the molecule is CCCCNS(=O)(=O)c1ccc(N)c(OC)c1. The first-order valence-electron chi connectivity index (χ1n) is 5.44. The van der Waals surface area contributed by atoms with Crippen molar-refractivity contribution in [1.82, 2.24) is 4.72 Å². The van der Waals surface area contributed by atoms with Crippen molar-refractivity contribution < 1.29 is 13.2 Å². The lowest BCUT2D eigenvalue weighted by Gasteiger charge is -2.09. The molecule has 3 N–H and O–H groups in total. The highest BCUT2D eigenvalue weighted by Crippen LogP contribution is 2.24. The van der Waals surface area contributed by atoms with Crippen molar-refractivity contribution in [3.63, 3.8) is 0 Å². The van der Waals surface area contributed by atoms with E-state index in [0.717, 1.165) is 12.8 Å². The van der Waals surface area contributed by atoms with Crippen LogP contribution in [0, 0.1) is 0 Å². The van der Waals surface area contributed by atoms with Crippen LogP contribution in [0.2, 0.25) is 0 Å². The summed E-state index contributed by atoms with van der Waals surface area (Å²) in [6, 6.07) is 4.41. The number of sulfonamides is 1. The van der Waals surface area contributed by atoms with Gasteiger partial charge in [-0.1, -0.05) is 13.3 Å². The maximum Gasteiger partial charge on any atom is 0.240 e. The third kappa shape index (κ3) is 3.61. The molecule has 0 bridgehead atoms. The zero-order valence-electron chi connectivity index (χ0n) is 10.1. The number of unbranched alkanes of at least 4 members (excludes halogenated alkanes) is 1. The van der Waals surface area contributed by atoms with Crippen LogP contribution in [0.15, 0.2) is 23.1 Å². The summed E-state index contributed by atoms with van der Waals surface area (Å²) in [7, 11) is -2.02. The molecule has 0 heterocycles. The van der Waals surface area contributed by atoms with Crippen LogP contribution < -0.4 is 15.2 Å². The smallest absolute Gasteiger partial charge is 0.240 e. The Morgan fingerprint density at radius 1 is 1.41 bits per heavy atom. The molecule has 0 aromatic heterocycles. The van der Waals surface area contributed by atoms with Crippen LogP contribution in [0.4, 0.5) is 5.69 Å². The summed E-state index contributed by atoms with van der Waals surface area (Å²) < 4.78 is 31.3. The highest BCUT2D eigenvalue weighted by molar-refractivity contribution is 7.89. The van der Waals surface area contributed by atoms with Gasteiger partial charge in [0.1, 0.15) is 5.75 Å². The molecule has 0 aliphatic rings. The molecule has 0 saturated heterocycles. The third-order valence-corrected chi connectivity index (χ3v) is 3.80. The fraction of sp³-hybridized carbons (Fsp3) is 0.455. The molecular formula is C11H18N2O3S. The number of benzene rings is 1. The third-order valence-electron chi connectivity index (χ3n) is 2.34. The number of methoxy groups -OCH3 is 1. The standard InChI is InChI=1S/C11H18N2O3S/c1-3-4-7-13-17(14,15)9-5-6-10(12)11(8-9)16-2/h5-6,8,13H,3-4,7,12H2,1-2H3. The Morgan fingerprint density at radius 2 is 2.12 bits per heavy atom. The van der Waals surface area contributed by atoms with Crippen molar-refractivity contribution in [3.05, 3.63) is 18.2 Å². The molecule has 1 aromatic rings. The molecule has 6 heteroatoms. The van der Waals surface area contributed by atoms with Crippen LogP contribution >= 0.6 is 0 Å². The van der Waals surface area contributed by atoms with E-state index in [4.69, 9.17) is 10.5 Å². The van der Waals surface area contributed by atoms with E-state index in [1.807, 2.05) is 6.92 Å². The van der Waals surface area contributed by atoms with E-state index < -0.39 is 10.0 Å². The summed E-state index contributed by atoms with van der Waals surface area (Å²) in [5.74, 6) is 0.364. The average Bonchev–Trinajstić information content (AvgIpc) is 2.29. The van der Waals surface area contributed by atoms with E-state index in [1.54, 1.807) is 0 Å². The van der Waals surface area contributed by atoms with Crippen LogP contribution in [-0.2, 0) is 10.0 Å². The minimum Gasteiger partial charge on any atom is -0.495 e. The second kappa shape index (κ2) is 5.88. The van der Waals surface area contributed by atoms with Gasteiger partial charge in [0.25, 0.3) is 0 Å². The van der Waals surface area contributed by atoms with Gasteiger partial charge in [0.05, 0.1) is 17.7 Å². The lowest BCUT2D eigenvalue weighted by atomic mass is 10.3. The Morgan fingerprint density at radius 3 is 2.71 bits per heavy atom. The minimum atomic E-state index is -3.47. The van der Waals surface area contributed by atoms with Gasteiger partial charge >= 0.3 is 0 Å². The summed E-state index contributed by atoms with van der Waals surface area (Å²) >= 11 is 0. The van der Waals surface area contributed by atoms with Crippen LogP contribution in [0.3, 0.4) is 0 Å². The predicted octanol–water partition coefficient (Wildman–Crippen LogP) is 1.36. The molecule has 1 rings (SSSR count). The molecule has 0 radical (unpaired) electrons. The van der Waals surface area contributed by atoms with Crippen LogP contribution in [0.5, 0.6) is 5.75 Å². The van der Waals surface area contributed by atoms with E-state index >= 15 is 0 Å². The molecule has 5 nitrogen and oxygen atoms in total. The van der Waals surface area contributed by atoms with Gasteiger partial charge in [-0.3, -0.25) is 0 Å². The van der Waals surface area contributed by atoms with Gasteiger partial charge in [-0.2, -0.15) is 0 Å². The van der Waals surface area contributed by atoms with Gasteiger partial charge in [-0.05, 0) is 18.6 Å². The molecule has 0 unspecified atom stereocenters. The second-order valence-electron chi connectivity index (χ2n) is 3.66. The monoisotopic (exact) mass is 258 g/mol. The Balaban J connectivity index is 2.91. The number of ether oxygens (including phenoxy) is 1. The number of nitrogens with one attached hydrogen (secondary N) is 1. The second-order valence-corrected chi connectivity index (χ2v) is 5.42. The molecule has 17 heavy (non-hydrogen) atoms. The molecule has 0 spiro atoms. The van der Waals surface area contributed by atoms with Crippen molar-refractivity contribution in [2.24, 2.45) is 0 Å². The van der Waals surface area contributed by atoms with E-state index in [2.05, 4.69) is 4.72 Å². The summed E-state index contributed by atoms with van der Waals surface area (Å²) in [6.45, 7) is 2.44. The zero-order valence-corrected chi connectivity index (χ0v) is 10.9. The normalized spacial score (nSPS) is 11.4. The lowest BCUT2D eigenvalue weighted by Crippen LogP contribution is -2.24. The Bertz CT molecular complexity index is 472. The maximum atomic E-state index is 11.9. The Hall–Kier alpha value is -1.27. The molecule has 0 aliphatic carbocycles. The molecular weight excluding hydrogens is 240 g/mol. The highest BCUT2D eigenvalue weighted by atomic mass is 32.2. The van der Waals surface area contributed by atoms with Gasteiger partial charge in [0.15, 0.2) is 0 Å². The number of hydrogen-bond donors (Lipinski definition) is 2. The number of hydrogen-bond acceptors (Lipinski definition) is 4. The highest BCUT2D eigenvalue weighted by Gasteiger charge is 2.14. The first kappa shape index (κ1) is 13.8. The van der Waals surface area contributed by atoms with Crippen LogP contribution in [-0.4, -0.2) is 22.1 Å². The predicted molar refractivity (Wildman–Crippen MR) is 67.5 cm³/mol. The number of rotatable bonds is 6. The fourth-order valence-electron chi connectivity index (χ4n) is 1.33. The van der Waals surface area contributed by atoms with E-state index in [0.29, 0.717) is 18.0 Å². The fourth-order valence-corrected chi connectivity index (χ4v) is 2.41. The minimum absolute atomic E-state index is 0.166. The topological polar surface area (TPSA) is 81.4 Å². The van der Waals surface area contributed by atoms with E-state index in [1.165, 1.54) is 25.3 Å². The van der Waals surface area contributed by atoms with Gasteiger partial charge in [0, 0.05) is 12.6 Å². The molecule has 0 amide bonds. The summed E-state index contributed by atoms with van der Waals surface area (Å²) in [5.41, 5.74) is 6.04. The van der Waals surface area contributed by atoms with Crippen molar-refractivity contribution in [1.29, 1.82) is 0 Å². The summed E-state index contributed by atoms with van der Waals surface area (Å²) in [6.07, 6.45) is 1.75. The van der Waals surface area contributed by atoms with Crippen molar-refractivity contribution in [3.8, 4) is 5.75 Å². The maximum absolute atomic E-state index is 11.9. The van der Waals surface area contributed by atoms with E-state index in [-0.39, 0.29) is 4.90 Å². The molecule has 0 saturated carbocycles. The summed E-state index contributed by atoms with van der Waals surface area (Å²) in [5, 5.41) is 0. The first-order chi connectivity index (χ1) is 8.01. The van der Waals surface area contributed by atoms with Crippen LogP contribution in [0.25, 0.3) is 0 Å². The van der Waals surface area contributed by atoms with Gasteiger partial charge < -0.3 is 10.5 Å². The molecule has 96 valence electrons.